The van der Waals surface area contributed by atoms with Gasteiger partial charge in [0.15, 0.2) is 0 Å². The molecule has 24 heavy (non-hydrogen) atoms. The summed E-state index contributed by atoms with van der Waals surface area (Å²) in [5.74, 6) is -0.954. The first-order valence-corrected chi connectivity index (χ1v) is 8.58. The third-order valence-electron chi connectivity index (χ3n) is 5.13. The van der Waals surface area contributed by atoms with Gasteiger partial charge in [-0.25, -0.2) is 8.78 Å². The normalized spacial score (nSPS) is 19.8. The number of benzene rings is 1. The van der Waals surface area contributed by atoms with Gasteiger partial charge in [-0.05, 0) is 18.9 Å². The van der Waals surface area contributed by atoms with Crippen molar-refractivity contribution in [2.45, 2.75) is 39.3 Å². The molecule has 1 aliphatic rings. The van der Waals surface area contributed by atoms with Gasteiger partial charge in [-0.1, -0.05) is 26.3 Å². The van der Waals surface area contributed by atoms with Crippen LogP contribution in [-0.4, -0.2) is 47.9 Å². The van der Waals surface area contributed by atoms with Gasteiger partial charge in [0, 0.05) is 43.9 Å². The number of nitrogens with two attached hydrogens (primary N) is 1. The quantitative estimate of drug-likeness (QED) is 0.897. The van der Waals surface area contributed by atoms with Crippen molar-refractivity contribution in [2.24, 2.45) is 11.7 Å². The van der Waals surface area contributed by atoms with Gasteiger partial charge in [0.1, 0.15) is 11.6 Å². The van der Waals surface area contributed by atoms with Crippen molar-refractivity contribution in [3.63, 3.8) is 0 Å². The number of rotatable bonds is 5. The Morgan fingerprint density at radius 3 is 2.38 bits per heavy atom. The van der Waals surface area contributed by atoms with Crippen molar-refractivity contribution in [2.75, 3.05) is 26.2 Å². The second-order valence-corrected chi connectivity index (χ2v) is 6.61. The largest absolute Gasteiger partial charge is 0.339 e. The van der Waals surface area contributed by atoms with Gasteiger partial charge in [0.2, 0.25) is 5.91 Å². The zero-order valence-electron chi connectivity index (χ0n) is 14.6. The zero-order chi connectivity index (χ0) is 17.9. The Hall–Kier alpha value is -1.53. The minimum absolute atomic E-state index is 0.00961. The topological polar surface area (TPSA) is 49.6 Å². The summed E-state index contributed by atoms with van der Waals surface area (Å²) in [4.78, 5) is 16.3. The van der Waals surface area contributed by atoms with Crippen molar-refractivity contribution in [3.8, 4) is 0 Å². The molecule has 0 bridgehead atoms. The fourth-order valence-electron chi connectivity index (χ4n) is 3.07. The van der Waals surface area contributed by atoms with Crippen LogP contribution < -0.4 is 5.73 Å². The van der Waals surface area contributed by atoms with Crippen LogP contribution in [0.1, 0.15) is 38.8 Å². The monoisotopic (exact) mass is 339 g/mol. The van der Waals surface area contributed by atoms with Crippen molar-refractivity contribution < 1.29 is 13.6 Å². The lowest BCUT2D eigenvalue weighted by molar-refractivity contribution is -0.135. The van der Waals surface area contributed by atoms with Crippen molar-refractivity contribution in [1.29, 1.82) is 0 Å². The van der Waals surface area contributed by atoms with E-state index >= 15 is 0 Å². The SMILES string of the molecule is CCC(C)C(N)C(=O)N1CCN(C(C)c2ccc(F)cc2F)CC1. The Morgan fingerprint density at radius 1 is 1.21 bits per heavy atom. The molecule has 0 radical (unpaired) electrons. The van der Waals surface area contributed by atoms with Crippen LogP contribution in [-0.2, 0) is 4.79 Å². The molecule has 6 heteroatoms. The van der Waals surface area contributed by atoms with Crippen LogP contribution >= 0.6 is 0 Å². The van der Waals surface area contributed by atoms with E-state index in [0.717, 1.165) is 12.5 Å². The summed E-state index contributed by atoms with van der Waals surface area (Å²) in [6.07, 6.45) is 0.869. The Labute approximate surface area is 142 Å². The lowest BCUT2D eigenvalue weighted by Crippen LogP contribution is -2.54. The standard InChI is InChI=1S/C18H27F2N3O/c1-4-12(2)17(21)18(24)23-9-7-22(8-10-23)13(3)15-6-5-14(19)11-16(15)20/h5-6,11-13,17H,4,7-10,21H2,1-3H3. The third-order valence-corrected chi connectivity index (χ3v) is 5.13. The van der Waals surface area contributed by atoms with Gasteiger partial charge in [-0.3, -0.25) is 9.69 Å². The molecule has 4 nitrogen and oxygen atoms in total. The molecule has 3 atom stereocenters. The number of amides is 1. The van der Waals surface area contributed by atoms with E-state index in [-0.39, 0.29) is 17.9 Å². The molecule has 2 rings (SSSR count). The summed E-state index contributed by atoms with van der Waals surface area (Å²) in [6.45, 7) is 8.37. The molecule has 0 saturated carbocycles. The van der Waals surface area contributed by atoms with E-state index in [2.05, 4.69) is 4.90 Å². The molecule has 0 aromatic heterocycles. The maximum atomic E-state index is 13.9. The maximum Gasteiger partial charge on any atom is 0.239 e. The Balaban J connectivity index is 1.96. The van der Waals surface area contributed by atoms with Crippen LogP contribution in [0.5, 0.6) is 0 Å². The molecule has 1 aromatic carbocycles. The number of halogens is 2. The second-order valence-electron chi connectivity index (χ2n) is 6.61. The van der Waals surface area contributed by atoms with Gasteiger partial charge in [0.25, 0.3) is 0 Å². The highest BCUT2D eigenvalue weighted by atomic mass is 19.1. The van der Waals surface area contributed by atoms with Gasteiger partial charge < -0.3 is 10.6 Å². The predicted octanol–water partition coefficient (Wildman–Crippen LogP) is 2.54. The first kappa shape index (κ1) is 18.8. The van der Waals surface area contributed by atoms with Crippen LogP contribution in [0.3, 0.4) is 0 Å². The Bertz CT molecular complexity index is 573. The first-order chi connectivity index (χ1) is 11.3. The lowest BCUT2D eigenvalue weighted by atomic mass is 9.98. The molecule has 0 spiro atoms. The number of hydrogen-bond acceptors (Lipinski definition) is 3. The molecule has 1 aliphatic heterocycles. The molecule has 1 aromatic rings. The van der Waals surface area contributed by atoms with Crippen molar-refractivity contribution in [1.82, 2.24) is 9.80 Å². The molecule has 1 saturated heterocycles. The summed E-state index contributed by atoms with van der Waals surface area (Å²) < 4.78 is 27.0. The van der Waals surface area contributed by atoms with E-state index in [9.17, 15) is 13.6 Å². The first-order valence-electron chi connectivity index (χ1n) is 8.58. The van der Waals surface area contributed by atoms with Gasteiger partial charge in [0.05, 0.1) is 6.04 Å². The number of hydrogen-bond donors (Lipinski definition) is 1. The van der Waals surface area contributed by atoms with Gasteiger partial charge >= 0.3 is 0 Å². The van der Waals surface area contributed by atoms with E-state index in [1.165, 1.54) is 12.1 Å². The highest BCUT2D eigenvalue weighted by Gasteiger charge is 2.30. The smallest absolute Gasteiger partial charge is 0.239 e. The molecule has 1 heterocycles. The van der Waals surface area contributed by atoms with E-state index < -0.39 is 17.7 Å². The van der Waals surface area contributed by atoms with E-state index in [4.69, 9.17) is 5.73 Å². The van der Waals surface area contributed by atoms with E-state index in [1.54, 1.807) is 4.90 Å². The highest BCUT2D eigenvalue weighted by Crippen LogP contribution is 2.25. The molecule has 3 unspecified atom stereocenters. The molecular formula is C18H27F2N3O. The molecular weight excluding hydrogens is 312 g/mol. The Kier molecular flexibility index (Phi) is 6.29. The molecule has 1 fully saturated rings. The van der Waals surface area contributed by atoms with Crippen LogP contribution in [0.15, 0.2) is 18.2 Å². The van der Waals surface area contributed by atoms with Crippen molar-refractivity contribution >= 4 is 5.91 Å². The molecule has 1 amide bonds. The van der Waals surface area contributed by atoms with Crippen LogP contribution in [0.4, 0.5) is 8.78 Å². The minimum Gasteiger partial charge on any atom is -0.339 e. The van der Waals surface area contributed by atoms with Crippen LogP contribution in [0, 0.1) is 17.6 Å². The summed E-state index contributed by atoms with van der Waals surface area (Å²) in [5.41, 5.74) is 6.51. The zero-order valence-corrected chi connectivity index (χ0v) is 14.6. The summed E-state index contributed by atoms with van der Waals surface area (Å²) in [7, 11) is 0. The third kappa shape index (κ3) is 4.11. The second kappa shape index (κ2) is 8.03. The minimum atomic E-state index is -0.571. The molecule has 134 valence electrons. The Morgan fingerprint density at radius 2 is 1.83 bits per heavy atom. The number of carbonyl (C=O) groups excluding carboxylic acids is 1. The summed E-state index contributed by atoms with van der Waals surface area (Å²) in [5, 5.41) is 0. The number of carbonyl (C=O) groups is 1. The van der Waals surface area contributed by atoms with Crippen molar-refractivity contribution in [3.05, 3.63) is 35.4 Å². The maximum absolute atomic E-state index is 13.9. The molecule has 2 N–H and O–H groups in total. The molecule has 0 aliphatic carbocycles. The lowest BCUT2D eigenvalue weighted by Gasteiger charge is -2.39. The fraction of sp³-hybridized carbons (Fsp3) is 0.611. The summed E-state index contributed by atoms with van der Waals surface area (Å²) in [6, 6.07) is 3.06. The van der Waals surface area contributed by atoms with Gasteiger partial charge in [-0.15, -0.1) is 0 Å². The van der Waals surface area contributed by atoms with Crippen LogP contribution in [0.2, 0.25) is 0 Å². The number of nitrogens with zero attached hydrogens (tertiary/aromatic N) is 2. The summed E-state index contributed by atoms with van der Waals surface area (Å²) >= 11 is 0. The predicted molar refractivity (Wildman–Crippen MR) is 90.4 cm³/mol. The average molecular weight is 339 g/mol. The van der Waals surface area contributed by atoms with Crippen LogP contribution in [0.25, 0.3) is 0 Å². The van der Waals surface area contributed by atoms with E-state index in [1.807, 2.05) is 20.8 Å². The van der Waals surface area contributed by atoms with Gasteiger partial charge in [-0.2, -0.15) is 0 Å². The van der Waals surface area contributed by atoms with E-state index in [0.29, 0.717) is 31.7 Å². The number of piperazine rings is 1. The fourth-order valence-corrected chi connectivity index (χ4v) is 3.07. The highest BCUT2D eigenvalue weighted by molar-refractivity contribution is 5.82. The average Bonchev–Trinajstić information content (AvgIpc) is 2.59.